The summed E-state index contributed by atoms with van der Waals surface area (Å²) in [5.41, 5.74) is 3.40. The van der Waals surface area contributed by atoms with Crippen LogP contribution in [0.3, 0.4) is 0 Å². The summed E-state index contributed by atoms with van der Waals surface area (Å²) in [5.74, 6) is -1.42. The number of hydrogen-bond donors (Lipinski definition) is 1. The standard InChI is InChI=1S/C19H20N2O5/c1-11-8-13(3)17(14(4)9-11)20-16(22)10-26-19(23)15-7-5-6-12(2)18(15)21(24)25/h5-9H,10H2,1-4H3,(H,20,22). The summed E-state index contributed by atoms with van der Waals surface area (Å²) in [4.78, 5) is 34.8. The maximum Gasteiger partial charge on any atom is 0.345 e. The molecule has 0 aromatic heterocycles. The SMILES string of the molecule is Cc1cc(C)c(NC(=O)COC(=O)c2cccc(C)c2[N+](=O)[O-])c(C)c1. The predicted molar refractivity (Wildman–Crippen MR) is 97.4 cm³/mol. The Hall–Kier alpha value is -3.22. The van der Waals surface area contributed by atoms with Gasteiger partial charge in [0, 0.05) is 11.3 Å². The van der Waals surface area contributed by atoms with Gasteiger partial charge in [-0.2, -0.15) is 0 Å². The Morgan fingerprint density at radius 1 is 1.08 bits per heavy atom. The number of carbonyl (C=O) groups is 2. The number of aryl methyl sites for hydroxylation is 4. The molecule has 0 aliphatic carbocycles. The molecular formula is C19H20N2O5. The summed E-state index contributed by atoms with van der Waals surface area (Å²) in [6.07, 6.45) is 0. The summed E-state index contributed by atoms with van der Waals surface area (Å²) in [7, 11) is 0. The van der Waals surface area contributed by atoms with E-state index in [1.807, 2.05) is 32.9 Å². The number of para-hydroxylation sites is 1. The van der Waals surface area contributed by atoms with Crippen LogP contribution < -0.4 is 5.32 Å². The molecule has 0 saturated carbocycles. The molecule has 0 heterocycles. The highest BCUT2D eigenvalue weighted by molar-refractivity contribution is 5.98. The molecule has 0 atom stereocenters. The zero-order valence-electron chi connectivity index (χ0n) is 15.1. The zero-order valence-corrected chi connectivity index (χ0v) is 15.1. The molecule has 0 saturated heterocycles. The van der Waals surface area contributed by atoms with Gasteiger partial charge in [0.1, 0.15) is 5.56 Å². The van der Waals surface area contributed by atoms with Crippen molar-refractivity contribution < 1.29 is 19.2 Å². The van der Waals surface area contributed by atoms with Crippen LogP contribution in [0.15, 0.2) is 30.3 Å². The molecule has 2 aromatic rings. The number of rotatable bonds is 5. The molecule has 0 aliphatic heterocycles. The number of carbonyl (C=O) groups excluding carboxylic acids is 2. The lowest BCUT2D eigenvalue weighted by molar-refractivity contribution is -0.385. The van der Waals surface area contributed by atoms with Crippen LogP contribution in [0.5, 0.6) is 0 Å². The number of benzene rings is 2. The molecule has 136 valence electrons. The minimum Gasteiger partial charge on any atom is -0.452 e. The number of amides is 1. The van der Waals surface area contributed by atoms with E-state index in [1.54, 1.807) is 0 Å². The van der Waals surface area contributed by atoms with E-state index in [-0.39, 0.29) is 11.3 Å². The van der Waals surface area contributed by atoms with Crippen molar-refractivity contribution in [2.45, 2.75) is 27.7 Å². The van der Waals surface area contributed by atoms with Crippen molar-refractivity contribution in [2.75, 3.05) is 11.9 Å². The Bertz CT molecular complexity index is 866. The summed E-state index contributed by atoms with van der Waals surface area (Å²) in [5, 5.41) is 13.9. The number of hydrogen-bond acceptors (Lipinski definition) is 5. The van der Waals surface area contributed by atoms with Crippen molar-refractivity contribution >= 4 is 23.3 Å². The number of nitrogens with zero attached hydrogens (tertiary/aromatic N) is 1. The Kier molecular flexibility index (Phi) is 5.71. The third-order valence-corrected chi connectivity index (χ3v) is 3.92. The van der Waals surface area contributed by atoms with Gasteiger partial charge in [0.2, 0.25) is 0 Å². The quantitative estimate of drug-likeness (QED) is 0.501. The summed E-state index contributed by atoms with van der Waals surface area (Å²) in [6.45, 7) is 6.71. The number of nitro benzene ring substituents is 1. The van der Waals surface area contributed by atoms with Crippen molar-refractivity contribution in [1.82, 2.24) is 0 Å². The summed E-state index contributed by atoms with van der Waals surface area (Å²) < 4.78 is 4.96. The highest BCUT2D eigenvalue weighted by Crippen LogP contribution is 2.24. The smallest absolute Gasteiger partial charge is 0.345 e. The van der Waals surface area contributed by atoms with Crippen molar-refractivity contribution in [1.29, 1.82) is 0 Å². The second-order valence-electron chi connectivity index (χ2n) is 6.13. The molecule has 2 aromatic carbocycles. The molecule has 7 nitrogen and oxygen atoms in total. The molecule has 0 radical (unpaired) electrons. The molecule has 0 aliphatic rings. The Labute approximate surface area is 151 Å². The van der Waals surface area contributed by atoms with Crippen LogP contribution in [0.1, 0.15) is 32.6 Å². The number of nitrogens with one attached hydrogen (secondary N) is 1. The summed E-state index contributed by atoms with van der Waals surface area (Å²) in [6, 6.07) is 8.23. The van der Waals surface area contributed by atoms with Crippen LogP contribution in [0.4, 0.5) is 11.4 Å². The maximum atomic E-state index is 12.2. The number of anilines is 1. The van der Waals surface area contributed by atoms with Gasteiger partial charge in [-0.15, -0.1) is 0 Å². The van der Waals surface area contributed by atoms with Crippen LogP contribution in [0.2, 0.25) is 0 Å². The Morgan fingerprint density at radius 2 is 1.69 bits per heavy atom. The highest BCUT2D eigenvalue weighted by atomic mass is 16.6. The van der Waals surface area contributed by atoms with E-state index in [0.717, 1.165) is 16.7 Å². The van der Waals surface area contributed by atoms with E-state index >= 15 is 0 Å². The van der Waals surface area contributed by atoms with Gasteiger partial charge in [0.25, 0.3) is 11.6 Å². The first-order valence-electron chi connectivity index (χ1n) is 7.99. The van der Waals surface area contributed by atoms with Crippen LogP contribution in [0.25, 0.3) is 0 Å². The average Bonchev–Trinajstić information content (AvgIpc) is 2.55. The van der Waals surface area contributed by atoms with E-state index < -0.39 is 23.4 Å². The fraction of sp³-hybridized carbons (Fsp3) is 0.263. The minimum atomic E-state index is -0.909. The highest BCUT2D eigenvalue weighted by Gasteiger charge is 2.24. The topological polar surface area (TPSA) is 98.5 Å². The first kappa shape index (κ1) is 19.1. The molecular weight excluding hydrogens is 336 g/mol. The molecule has 1 amide bonds. The molecule has 0 spiro atoms. The van der Waals surface area contributed by atoms with Gasteiger partial charge in [-0.05, 0) is 44.9 Å². The molecule has 0 bridgehead atoms. The van der Waals surface area contributed by atoms with Crippen LogP contribution in [0, 0.1) is 37.8 Å². The molecule has 1 N–H and O–H groups in total. The lowest BCUT2D eigenvalue weighted by Gasteiger charge is -2.13. The number of esters is 1. The van der Waals surface area contributed by atoms with Gasteiger partial charge >= 0.3 is 5.97 Å². The van der Waals surface area contributed by atoms with Crippen LogP contribution >= 0.6 is 0 Å². The van der Waals surface area contributed by atoms with Gasteiger partial charge < -0.3 is 10.1 Å². The third-order valence-electron chi connectivity index (χ3n) is 3.92. The van der Waals surface area contributed by atoms with Gasteiger partial charge in [-0.25, -0.2) is 4.79 Å². The van der Waals surface area contributed by atoms with Gasteiger partial charge in [0.05, 0.1) is 4.92 Å². The van der Waals surface area contributed by atoms with Crippen molar-refractivity contribution in [3.63, 3.8) is 0 Å². The first-order chi connectivity index (χ1) is 12.2. The minimum absolute atomic E-state index is 0.175. The lowest BCUT2D eigenvalue weighted by atomic mass is 10.1. The maximum absolute atomic E-state index is 12.2. The molecule has 2 rings (SSSR count). The van der Waals surface area contributed by atoms with Gasteiger partial charge in [0.15, 0.2) is 6.61 Å². The largest absolute Gasteiger partial charge is 0.452 e. The van der Waals surface area contributed by atoms with Crippen molar-refractivity contribution in [3.05, 3.63) is 68.3 Å². The van der Waals surface area contributed by atoms with Gasteiger partial charge in [-0.1, -0.05) is 29.8 Å². The van der Waals surface area contributed by atoms with E-state index in [2.05, 4.69) is 5.32 Å². The fourth-order valence-corrected chi connectivity index (χ4v) is 2.83. The number of nitro groups is 1. The molecule has 0 unspecified atom stereocenters. The van der Waals surface area contributed by atoms with Crippen LogP contribution in [-0.2, 0) is 9.53 Å². The van der Waals surface area contributed by atoms with E-state index in [9.17, 15) is 19.7 Å². The first-order valence-corrected chi connectivity index (χ1v) is 7.99. The second-order valence-corrected chi connectivity index (χ2v) is 6.13. The van der Waals surface area contributed by atoms with E-state index in [0.29, 0.717) is 11.3 Å². The summed E-state index contributed by atoms with van der Waals surface area (Å²) >= 11 is 0. The second kappa shape index (κ2) is 7.77. The third kappa shape index (κ3) is 4.24. The van der Waals surface area contributed by atoms with Gasteiger partial charge in [-0.3, -0.25) is 14.9 Å². The molecule has 26 heavy (non-hydrogen) atoms. The molecule has 0 fully saturated rings. The predicted octanol–water partition coefficient (Wildman–Crippen LogP) is 3.62. The van der Waals surface area contributed by atoms with Crippen molar-refractivity contribution in [2.24, 2.45) is 0 Å². The normalized spacial score (nSPS) is 10.3. The molecule has 7 heteroatoms. The fourth-order valence-electron chi connectivity index (χ4n) is 2.83. The Morgan fingerprint density at radius 3 is 2.27 bits per heavy atom. The monoisotopic (exact) mass is 356 g/mol. The van der Waals surface area contributed by atoms with E-state index in [1.165, 1.54) is 25.1 Å². The van der Waals surface area contributed by atoms with E-state index in [4.69, 9.17) is 4.74 Å². The van der Waals surface area contributed by atoms with Crippen molar-refractivity contribution in [3.8, 4) is 0 Å². The average molecular weight is 356 g/mol. The Balaban J connectivity index is 2.08. The number of ether oxygens (including phenoxy) is 1. The lowest BCUT2D eigenvalue weighted by Crippen LogP contribution is -2.22. The zero-order chi connectivity index (χ0) is 19.4. The van der Waals surface area contributed by atoms with Crippen LogP contribution in [-0.4, -0.2) is 23.4 Å².